The first-order chi connectivity index (χ1) is 12.2. The molecule has 0 fully saturated rings. The molecule has 1 N–H and O–H groups in total. The van der Waals surface area contributed by atoms with Gasteiger partial charge in [0.2, 0.25) is 0 Å². The van der Waals surface area contributed by atoms with Crippen molar-refractivity contribution in [3.05, 3.63) is 101 Å². The first-order valence-corrected chi connectivity index (χ1v) is 7.92. The van der Waals surface area contributed by atoms with E-state index in [0.717, 1.165) is 16.9 Å². The van der Waals surface area contributed by atoms with Crippen molar-refractivity contribution in [1.29, 1.82) is 0 Å². The highest BCUT2D eigenvalue weighted by Crippen LogP contribution is 2.24. The Morgan fingerprint density at radius 3 is 2.08 bits per heavy atom. The van der Waals surface area contributed by atoms with E-state index < -0.39 is 0 Å². The van der Waals surface area contributed by atoms with Gasteiger partial charge in [-0.2, -0.15) is 0 Å². The lowest BCUT2D eigenvalue weighted by molar-refractivity contribution is 0.0943. The second kappa shape index (κ2) is 7.62. The molecule has 0 bridgehead atoms. The van der Waals surface area contributed by atoms with Crippen LogP contribution in [0.5, 0.6) is 5.75 Å². The van der Waals surface area contributed by atoms with Crippen LogP contribution in [-0.2, 0) is 0 Å². The molecule has 0 unspecified atom stereocenters. The first-order valence-electron chi connectivity index (χ1n) is 7.92. The summed E-state index contributed by atoms with van der Waals surface area (Å²) >= 11 is 0. The molecule has 0 aliphatic carbocycles. The van der Waals surface area contributed by atoms with Crippen LogP contribution in [0.15, 0.2) is 78.9 Å². The molecule has 3 aromatic carbocycles. The van der Waals surface area contributed by atoms with E-state index in [1.54, 1.807) is 7.11 Å². The van der Waals surface area contributed by atoms with Crippen LogP contribution in [0, 0.1) is 5.82 Å². The van der Waals surface area contributed by atoms with Crippen molar-refractivity contribution in [3.63, 3.8) is 0 Å². The molecule has 3 aromatic rings. The standard InChI is InChI=1S/C21H18FNO2/c1-25-19-13-9-16(10-14-19)20(15-5-3-2-4-6-15)23-21(24)17-7-11-18(22)12-8-17/h2-14,20H,1H3,(H,23,24)/t20-/m0/s1. The van der Waals surface area contributed by atoms with Crippen LogP contribution in [0.4, 0.5) is 4.39 Å². The molecule has 0 radical (unpaired) electrons. The van der Waals surface area contributed by atoms with Gasteiger partial charge in [-0.3, -0.25) is 4.79 Å². The summed E-state index contributed by atoms with van der Waals surface area (Å²) in [6, 6.07) is 22.4. The summed E-state index contributed by atoms with van der Waals surface area (Å²) in [6.45, 7) is 0. The van der Waals surface area contributed by atoms with Crippen LogP contribution in [0.3, 0.4) is 0 Å². The number of rotatable bonds is 5. The van der Waals surface area contributed by atoms with Gasteiger partial charge in [-0.15, -0.1) is 0 Å². The molecule has 0 aliphatic rings. The summed E-state index contributed by atoms with van der Waals surface area (Å²) in [6.07, 6.45) is 0. The van der Waals surface area contributed by atoms with Gasteiger partial charge in [-0.25, -0.2) is 4.39 Å². The number of benzene rings is 3. The van der Waals surface area contributed by atoms with E-state index >= 15 is 0 Å². The van der Waals surface area contributed by atoms with Gasteiger partial charge in [0.1, 0.15) is 11.6 Å². The van der Waals surface area contributed by atoms with Crippen LogP contribution in [0.1, 0.15) is 27.5 Å². The fourth-order valence-corrected chi connectivity index (χ4v) is 2.62. The summed E-state index contributed by atoms with van der Waals surface area (Å²) in [5, 5.41) is 3.02. The molecule has 3 nitrogen and oxygen atoms in total. The van der Waals surface area contributed by atoms with Crippen molar-refractivity contribution in [3.8, 4) is 5.75 Å². The van der Waals surface area contributed by atoms with Crippen molar-refractivity contribution in [1.82, 2.24) is 5.32 Å². The maximum Gasteiger partial charge on any atom is 0.252 e. The number of amides is 1. The normalized spacial score (nSPS) is 11.6. The molecule has 0 saturated carbocycles. The molecule has 0 aromatic heterocycles. The number of halogens is 1. The SMILES string of the molecule is COc1ccc([C@@H](NC(=O)c2ccc(F)cc2)c2ccccc2)cc1. The molecule has 25 heavy (non-hydrogen) atoms. The molecular formula is C21H18FNO2. The number of carbonyl (C=O) groups excluding carboxylic acids is 1. The minimum Gasteiger partial charge on any atom is -0.497 e. The Bertz CT molecular complexity index is 830. The summed E-state index contributed by atoms with van der Waals surface area (Å²) < 4.78 is 18.3. The van der Waals surface area contributed by atoms with Gasteiger partial charge in [0.15, 0.2) is 0 Å². The first kappa shape index (κ1) is 16.7. The van der Waals surface area contributed by atoms with Crippen LogP contribution in [-0.4, -0.2) is 13.0 Å². The maximum absolute atomic E-state index is 13.1. The van der Waals surface area contributed by atoms with E-state index in [-0.39, 0.29) is 17.8 Å². The average molecular weight is 335 g/mol. The molecule has 0 heterocycles. The van der Waals surface area contributed by atoms with E-state index in [1.165, 1.54) is 24.3 Å². The Kier molecular flexibility index (Phi) is 5.09. The molecule has 0 spiro atoms. The summed E-state index contributed by atoms with van der Waals surface area (Å²) in [7, 11) is 1.61. The highest BCUT2D eigenvalue weighted by atomic mass is 19.1. The summed E-state index contributed by atoms with van der Waals surface area (Å²) in [5.74, 6) is 0.122. The Hall–Kier alpha value is -3.14. The Morgan fingerprint density at radius 2 is 1.48 bits per heavy atom. The highest BCUT2D eigenvalue weighted by molar-refractivity contribution is 5.94. The van der Waals surface area contributed by atoms with Crippen molar-refractivity contribution in [2.75, 3.05) is 7.11 Å². The monoisotopic (exact) mass is 335 g/mol. The number of hydrogen-bond donors (Lipinski definition) is 1. The lowest BCUT2D eigenvalue weighted by atomic mass is 9.98. The van der Waals surface area contributed by atoms with E-state index in [1.807, 2.05) is 54.6 Å². The molecule has 1 amide bonds. The van der Waals surface area contributed by atoms with Gasteiger partial charge in [-0.1, -0.05) is 42.5 Å². The minimum absolute atomic E-state index is 0.260. The predicted octanol–water partition coefficient (Wildman–Crippen LogP) is 4.35. The highest BCUT2D eigenvalue weighted by Gasteiger charge is 2.18. The zero-order valence-electron chi connectivity index (χ0n) is 13.8. The molecule has 1 atom stereocenters. The molecule has 4 heteroatoms. The largest absolute Gasteiger partial charge is 0.497 e. The van der Waals surface area contributed by atoms with E-state index in [9.17, 15) is 9.18 Å². The Balaban J connectivity index is 1.90. The zero-order chi connectivity index (χ0) is 17.6. The van der Waals surface area contributed by atoms with Crippen molar-refractivity contribution in [2.45, 2.75) is 6.04 Å². The van der Waals surface area contributed by atoms with Gasteiger partial charge >= 0.3 is 0 Å². The number of carbonyl (C=O) groups is 1. The van der Waals surface area contributed by atoms with E-state index in [0.29, 0.717) is 5.56 Å². The van der Waals surface area contributed by atoms with Crippen molar-refractivity contribution < 1.29 is 13.9 Å². The second-order valence-corrected chi connectivity index (χ2v) is 5.60. The van der Waals surface area contributed by atoms with Crippen molar-refractivity contribution in [2.24, 2.45) is 0 Å². The number of hydrogen-bond acceptors (Lipinski definition) is 2. The predicted molar refractivity (Wildman–Crippen MR) is 95.1 cm³/mol. The van der Waals surface area contributed by atoms with Crippen LogP contribution < -0.4 is 10.1 Å². The van der Waals surface area contributed by atoms with Crippen LogP contribution in [0.25, 0.3) is 0 Å². The number of nitrogens with one attached hydrogen (secondary N) is 1. The molecule has 3 rings (SSSR count). The number of ether oxygens (including phenoxy) is 1. The summed E-state index contributed by atoms with van der Waals surface area (Å²) in [5.41, 5.74) is 2.31. The zero-order valence-corrected chi connectivity index (χ0v) is 13.8. The van der Waals surface area contributed by atoms with Gasteiger partial charge in [0, 0.05) is 5.56 Å². The van der Waals surface area contributed by atoms with Crippen LogP contribution in [0.2, 0.25) is 0 Å². The van der Waals surface area contributed by atoms with Gasteiger partial charge < -0.3 is 10.1 Å². The topological polar surface area (TPSA) is 38.3 Å². The molecular weight excluding hydrogens is 317 g/mol. The quantitative estimate of drug-likeness (QED) is 0.752. The third-order valence-corrected chi connectivity index (χ3v) is 3.96. The fourth-order valence-electron chi connectivity index (χ4n) is 2.62. The second-order valence-electron chi connectivity index (χ2n) is 5.60. The third kappa shape index (κ3) is 4.04. The summed E-state index contributed by atoms with van der Waals surface area (Å²) in [4.78, 5) is 12.6. The third-order valence-electron chi connectivity index (χ3n) is 3.96. The van der Waals surface area contributed by atoms with Gasteiger partial charge in [-0.05, 0) is 47.5 Å². The molecule has 0 saturated heterocycles. The molecule has 0 aliphatic heterocycles. The number of methoxy groups -OCH3 is 1. The fraction of sp³-hybridized carbons (Fsp3) is 0.0952. The van der Waals surface area contributed by atoms with Gasteiger partial charge in [0.05, 0.1) is 13.2 Å². The Morgan fingerprint density at radius 1 is 0.880 bits per heavy atom. The smallest absolute Gasteiger partial charge is 0.252 e. The van der Waals surface area contributed by atoms with Gasteiger partial charge in [0.25, 0.3) is 5.91 Å². The van der Waals surface area contributed by atoms with E-state index in [2.05, 4.69) is 5.32 Å². The molecule has 126 valence electrons. The lowest BCUT2D eigenvalue weighted by Gasteiger charge is -2.20. The van der Waals surface area contributed by atoms with Crippen molar-refractivity contribution >= 4 is 5.91 Å². The Labute approximate surface area is 146 Å². The maximum atomic E-state index is 13.1. The van der Waals surface area contributed by atoms with E-state index in [4.69, 9.17) is 4.74 Å². The average Bonchev–Trinajstić information content (AvgIpc) is 2.67. The lowest BCUT2D eigenvalue weighted by Crippen LogP contribution is -2.29. The van der Waals surface area contributed by atoms with Crippen LogP contribution >= 0.6 is 0 Å². The minimum atomic E-state index is -0.369.